The molecule has 0 unspecified atom stereocenters. The minimum atomic E-state index is 0.0695. The lowest BCUT2D eigenvalue weighted by molar-refractivity contribution is 0.183. The van der Waals surface area contributed by atoms with Crippen LogP contribution in [0.1, 0.15) is 24.5 Å². The topological polar surface area (TPSA) is 21.3 Å². The van der Waals surface area contributed by atoms with Crippen molar-refractivity contribution in [1.82, 2.24) is 5.32 Å². The molecular formula is C17H19NO. The first-order valence-electron chi connectivity index (χ1n) is 7.12. The molecule has 0 radical (unpaired) electrons. The summed E-state index contributed by atoms with van der Waals surface area (Å²) in [7, 11) is 0. The van der Waals surface area contributed by atoms with E-state index in [9.17, 15) is 0 Å². The normalized spacial score (nSPS) is 34.9. The Hall–Kier alpha value is -1.54. The number of fused-ring (bicyclic) bond motifs is 1. The van der Waals surface area contributed by atoms with Gasteiger partial charge in [0.2, 0.25) is 0 Å². The van der Waals surface area contributed by atoms with Crippen molar-refractivity contribution in [3.63, 3.8) is 0 Å². The van der Waals surface area contributed by atoms with E-state index in [-0.39, 0.29) is 11.5 Å². The summed E-state index contributed by atoms with van der Waals surface area (Å²) in [5, 5.41) is 3.58. The van der Waals surface area contributed by atoms with Crippen LogP contribution in [0.25, 0.3) is 0 Å². The van der Waals surface area contributed by atoms with Gasteiger partial charge in [0, 0.05) is 11.6 Å². The second kappa shape index (κ2) is 3.73. The lowest BCUT2D eigenvalue weighted by atomic mass is 9.62. The summed E-state index contributed by atoms with van der Waals surface area (Å²) >= 11 is 0. The first-order chi connectivity index (χ1) is 9.23. The molecule has 4 rings (SSSR count). The van der Waals surface area contributed by atoms with Crippen LogP contribution in [0, 0.1) is 6.92 Å². The molecule has 0 bridgehead atoms. The molecule has 1 aromatic carbocycles. The molecule has 3 atom stereocenters. The summed E-state index contributed by atoms with van der Waals surface area (Å²) in [5.41, 5.74) is 4.33. The van der Waals surface area contributed by atoms with Crippen molar-refractivity contribution in [3.05, 3.63) is 53.1 Å². The van der Waals surface area contributed by atoms with Gasteiger partial charge in [-0.15, -0.1) is 0 Å². The zero-order valence-corrected chi connectivity index (χ0v) is 11.4. The number of ether oxygens (including phenoxy) is 1. The van der Waals surface area contributed by atoms with Gasteiger partial charge >= 0.3 is 0 Å². The number of piperidine rings is 1. The molecule has 19 heavy (non-hydrogen) atoms. The Morgan fingerprint density at radius 1 is 1.37 bits per heavy atom. The van der Waals surface area contributed by atoms with E-state index < -0.39 is 0 Å². The molecule has 0 saturated carbocycles. The first kappa shape index (κ1) is 11.3. The van der Waals surface area contributed by atoms with Crippen LogP contribution in [0.2, 0.25) is 0 Å². The summed E-state index contributed by atoms with van der Waals surface area (Å²) in [6, 6.07) is 6.85. The Balaban J connectivity index is 2.00. The van der Waals surface area contributed by atoms with E-state index in [2.05, 4.69) is 55.6 Å². The van der Waals surface area contributed by atoms with Crippen molar-refractivity contribution >= 4 is 0 Å². The van der Waals surface area contributed by atoms with Gasteiger partial charge in [-0.1, -0.05) is 24.3 Å². The van der Waals surface area contributed by atoms with E-state index in [1.54, 1.807) is 0 Å². The van der Waals surface area contributed by atoms with Crippen LogP contribution in [0.15, 0.2) is 42.0 Å². The van der Waals surface area contributed by atoms with Gasteiger partial charge in [0.15, 0.2) is 0 Å². The molecule has 1 saturated heterocycles. The standard InChI is InChI=1S/C17H19NO/c1-11-5-3-7-14-16(11)17-9-10-18-12(2)13(17)6-4-8-15(17)19-14/h3-8,12,15,18H,9-10H2,1-2H3/t12-,15+,17-/m1/s1. The second-order valence-corrected chi connectivity index (χ2v) is 5.89. The Kier molecular flexibility index (Phi) is 2.22. The highest BCUT2D eigenvalue weighted by Crippen LogP contribution is 2.54. The minimum absolute atomic E-state index is 0.0695. The lowest BCUT2D eigenvalue weighted by Gasteiger charge is -2.44. The van der Waals surface area contributed by atoms with E-state index in [1.165, 1.54) is 16.7 Å². The number of benzene rings is 1. The van der Waals surface area contributed by atoms with E-state index >= 15 is 0 Å². The highest BCUT2D eigenvalue weighted by Gasteiger charge is 2.54. The summed E-state index contributed by atoms with van der Waals surface area (Å²) in [6.45, 7) is 5.53. The molecule has 1 aromatic rings. The maximum absolute atomic E-state index is 6.24. The van der Waals surface area contributed by atoms with Gasteiger partial charge in [0.05, 0.1) is 5.41 Å². The van der Waals surface area contributed by atoms with Crippen molar-refractivity contribution in [2.45, 2.75) is 37.8 Å². The first-order valence-corrected chi connectivity index (χ1v) is 7.12. The highest BCUT2D eigenvalue weighted by atomic mass is 16.5. The number of hydrogen-bond acceptors (Lipinski definition) is 2. The van der Waals surface area contributed by atoms with Crippen molar-refractivity contribution in [3.8, 4) is 5.75 Å². The van der Waals surface area contributed by atoms with E-state index in [0.717, 1.165) is 18.7 Å². The van der Waals surface area contributed by atoms with Gasteiger partial charge in [-0.25, -0.2) is 0 Å². The van der Waals surface area contributed by atoms with E-state index in [4.69, 9.17) is 4.74 Å². The summed E-state index contributed by atoms with van der Waals surface area (Å²) in [4.78, 5) is 0. The van der Waals surface area contributed by atoms with Gasteiger partial charge in [-0.05, 0) is 50.1 Å². The van der Waals surface area contributed by atoms with Crippen LogP contribution in [0.4, 0.5) is 0 Å². The Labute approximate surface area is 114 Å². The van der Waals surface area contributed by atoms with Crippen LogP contribution < -0.4 is 10.1 Å². The average molecular weight is 253 g/mol. The molecule has 0 amide bonds. The average Bonchev–Trinajstić information content (AvgIpc) is 2.73. The smallest absolute Gasteiger partial charge is 0.131 e. The third-order valence-corrected chi connectivity index (χ3v) is 4.93. The van der Waals surface area contributed by atoms with Crippen molar-refractivity contribution in [2.75, 3.05) is 6.54 Å². The monoisotopic (exact) mass is 253 g/mol. The fourth-order valence-electron chi connectivity index (χ4n) is 4.15. The van der Waals surface area contributed by atoms with Crippen molar-refractivity contribution < 1.29 is 4.74 Å². The SMILES string of the molecule is Cc1cccc2c1[C@]13CCN[C@H](C)C1=CC=C[C@@H]3O2. The molecule has 2 heterocycles. The summed E-state index contributed by atoms with van der Waals surface area (Å²) < 4.78 is 6.24. The molecule has 1 N–H and O–H groups in total. The largest absolute Gasteiger partial charge is 0.485 e. The highest BCUT2D eigenvalue weighted by molar-refractivity contribution is 5.59. The van der Waals surface area contributed by atoms with Crippen LogP contribution in [-0.2, 0) is 5.41 Å². The van der Waals surface area contributed by atoms with E-state index in [0.29, 0.717) is 6.04 Å². The summed E-state index contributed by atoms with van der Waals surface area (Å²) in [5.74, 6) is 1.08. The van der Waals surface area contributed by atoms with Gasteiger partial charge in [-0.3, -0.25) is 0 Å². The zero-order valence-electron chi connectivity index (χ0n) is 11.4. The van der Waals surface area contributed by atoms with Gasteiger partial charge < -0.3 is 10.1 Å². The van der Waals surface area contributed by atoms with Crippen LogP contribution in [0.3, 0.4) is 0 Å². The summed E-state index contributed by atoms with van der Waals surface area (Å²) in [6.07, 6.45) is 7.96. The predicted molar refractivity (Wildman–Crippen MR) is 76.6 cm³/mol. The molecule has 3 aliphatic rings. The molecule has 1 aliphatic carbocycles. The predicted octanol–water partition coefficient (Wildman–Crippen LogP) is 2.87. The molecule has 1 fully saturated rings. The molecule has 1 spiro atoms. The van der Waals surface area contributed by atoms with Crippen LogP contribution >= 0.6 is 0 Å². The Morgan fingerprint density at radius 3 is 3.16 bits per heavy atom. The maximum atomic E-state index is 6.24. The van der Waals surface area contributed by atoms with Crippen molar-refractivity contribution in [1.29, 1.82) is 0 Å². The fraction of sp³-hybridized carbons (Fsp3) is 0.412. The van der Waals surface area contributed by atoms with Gasteiger partial charge in [0.25, 0.3) is 0 Å². The zero-order chi connectivity index (χ0) is 13.0. The quantitative estimate of drug-likeness (QED) is 0.767. The number of aryl methyl sites for hydroxylation is 1. The number of allylic oxidation sites excluding steroid dienone is 2. The molecule has 2 heteroatoms. The maximum Gasteiger partial charge on any atom is 0.131 e. The Morgan fingerprint density at radius 2 is 2.26 bits per heavy atom. The second-order valence-electron chi connectivity index (χ2n) is 5.89. The fourth-order valence-corrected chi connectivity index (χ4v) is 4.15. The number of rotatable bonds is 0. The number of hydrogen-bond donors (Lipinski definition) is 1. The van der Waals surface area contributed by atoms with E-state index in [1.807, 2.05) is 0 Å². The van der Waals surface area contributed by atoms with Gasteiger partial charge in [0.1, 0.15) is 11.9 Å². The van der Waals surface area contributed by atoms with Crippen LogP contribution in [0.5, 0.6) is 5.75 Å². The molecule has 98 valence electrons. The molecule has 2 nitrogen and oxygen atoms in total. The lowest BCUT2D eigenvalue weighted by Crippen LogP contribution is -2.53. The number of nitrogens with one attached hydrogen (secondary N) is 1. The molecule has 0 aromatic heterocycles. The van der Waals surface area contributed by atoms with Crippen molar-refractivity contribution in [2.24, 2.45) is 0 Å². The minimum Gasteiger partial charge on any atom is -0.485 e. The molecule has 2 aliphatic heterocycles. The third kappa shape index (κ3) is 1.30. The Bertz CT molecular complexity index is 601. The van der Waals surface area contributed by atoms with Crippen LogP contribution in [-0.4, -0.2) is 18.7 Å². The van der Waals surface area contributed by atoms with Gasteiger partial charge in [-0.2, -0.15) is 0 Å². The third-order valence-electron chi connectivity index (χ3n) is 4.93. The molecular weight excluding hydrogens is 234 g/mol.